The van der Waals surface area contributed by atoms with Crippen molar-refractivity contribution in [1.82, 2.24) is 0 Å². The van der Waals surface area contributed by atoms with E-state index in [1.807, 2.05) is 13.8 Å². The highest BCUT2D eigenvalue weighted by atomic mass is 35.7. The quantitative estimate of drug-likeness (QED) is 0.342. The SMILES string of the molecule is COc1cccc(OC)c1C(=O)OCCCC(C)(C)COS(=O)(=O)Cl. The third-order valence-electron chi connectivity index (χ3n) is 3.45. The minimum Gasteiger partial charge on any atom is -0.496 e. The zero-order valence-corrected chi connectivity index (χ0v) is 16.3. The fourth-order valence-electron chi connectivity index (χ4n) is 2.14. The number of hydrogen-bond donors (Lipinski definition) is 0. The number of carbonyl (C=O) groups excluding carboxylic acids is 1. The van der Waals surface area contributed by atoms with Crippen LogP contribution < -0.4 is 9.47 Å². The van der Waals surface area contributed by atoms with Crippen LogP contribution in [0.15, 0.2) is 18.2 Å². The van der Waals surface area contributed by atoms with E-state index in [0.717, 1.165) is 0 Å². The molecule has 0 saturated carbocycles. The van der Waals surface area contributed by atoms with Gasteiger partial charge in [-0.25, -0.2) is 4.79 Å². The summed E-state index contributed by atoms with van der Waals surface area (Å²) in [5, 5.41) is 0. The Morgan fingerprint density at radius 2 is 1.72 bits per heavy atom. The number of esters is 1. The lowest BCUT2D eigenvalue weighted by molar-refractivity contribution is 0.0471. The van der Waals surface area contributed by atoms with Crippen molar-refractivity contribution < 1.29 is 31.6 Å². The molecule has 0 atom stereocenters. The summed E-state index contributed by atoms with van der Waals surface area (Å²) in [7, 11) is 3.94. The maximum Gasteiger partial charge on any atom is 0.355 e. The van der Waals surface area contributed by atoms with E-state index in [1.54, 1.807) is 18.2 Å². The van der Waals surface area contributed by atoms with E-state index >= 15 is 0 Å². The van der Waals surface area contributed by atoms with Crippen molar-refractivity contribution in [3.05, 3.63) is 23.8 Å². The number of carbonyl (C=O) groups is 1. The first-order chi connectivity index (χ1) is 11.6. The molecule has 0 amide bonds. The van der Waals surface area contributed by atoms with Gasteiger partial charge in [-0.2, -0.15) is 8.42 Å². The van der Waals surface area contributed by atoms with Gasteiger partial charge in [-0.15, -0.1) is 0 Å². The lowest BCUT2D eigenvalue weighted by Gasteiger charge is -2.23. The lowest BCUT2D eigenvalue weighted by Crippen LogP contribution is -2.21. The number of rotatable bonds is 10. The summed E-state index contributed by atoms with van der Waals surface area (Å²) >= 11 is 0. The van der Waals surface area contributed by atoms with Gasteiger partial charge in [0, 0.05) is 10.7 Å². The van der Waals surface area contributed by atoms with E-state index in [0.29, 0.717) is 24.3 Å². The van der Waals surface area contributed by atoms with E-state index in [-0.39, 0.29) is 18.8 Å². The minimum absolute atomic E-state index is 0.0485. The molecular formula is C16H23ClO7S. The highest BCUT2D eigenvalue weighted by molar-refractivity contribution is 8.09. The first-order valence-corrected chi connectivity index (χ1v) is 9.80. The molecule has 0 bridgehead atoms. The average Bonchev–Trinajstić information content (AvgIpc) is 2.55. The third-order valence-corrected chi connectivity index (χ3v) is 4.12. The Kier molecular flexibility index (Phi) is 7.98. The van der Waals surface area contributed by atoms with Crippen molar-refractivity contribution in [1.29, 1.82) is 0 Å². The van der Waals surface area contributed by atoms with Crippen LogP contribution in [0.2, 0.25) is 0 Å². The van der Waals surface area contributed by atoms with Gasteiger partial charge >= 0.3 is 15.3 Å². The molecule has 9 heteroatoms. The summed E-state index contributed by atoms with van der Waals surface area (Å²) in [5.41, 5.74) is -0.209. The van der Waals surface area contributed by atoms with Gasteiger partial charge < -0.3 is 14.2 Å². The third kappa shape index (κ3) is 7.50. The van der Waals surface area contributed by atoms with E-state index in [9.17, 15) is 13.2 Å². The van der Waals surface area contributed by atoms with Gasteiger partial charge in [0.1, 0.15) is 17.1 Å². The van der Waals surface area contributed by atoms with Crippen LogP contribution in [0.4, 0.5) is 0 Å². The maximum absolute atomic E-state index is 12.3. The van der Waals surface area contributed by atoms with E-state index in [1.165, 1.54) is 14.2 Å². The molecule has 0 heterocycles. The van der Waals surface area contributed by atoms with Crippen molar-refractivity contribution in [2.24, 2.45) is 5.41 Å². The Labute approximate surface area is 152 Å². The highest BCUT2D eigenvalue weighted by Crippen LogP contribution is 2.29. The minimum atomic E-state index is -3.99. The predicted molar refractivity (Wildman–Crippen MR) is 93.6 cm³/mol. The molecule has 142 valence electrons. The summed E-state index contributed by atoms with van der Waals surface area (Å²) in [6, 6.07) is 5.00. The van der Waals surface area contributed by atoms with Gasteiger partial charge in [0.15, 0.2) is 0 Å². The normalized spacial score (nSPS) is 11.9. The van der Waals surface area contributed by atoms with Crippen molar-refractivity contribution in [3.63, 3.8) is 0 Å². The van der Waals surface area contributed by atoms with Crippen molar-refractivity contribution in [3.8, 4) is 11.5 Å². The van der Waals surface area contributed by atoms with Crippen LogP contribution in [0.5, 0.6) is 11.5 Å². The molecule has 7 nitrogen and oxygen atoms in total. The maximum atomic E-state index is 12.3. The Morgan fingerprint density at radius 3 is 2.20 bits per heavy atom. The molecule has 1 aromatic rings. The van der Waals surface area contributed by atoms with Crippen molar-refractivity contribution >= 4 is 26.0 Å². The summed E-state index contributed by atoms with van der Waals surface area (Å²) in [6.07, 6.45) is 1.11. The number of hydrogen-bond acceptors (Lipinski definition) is 7. The molecule has 0 N–H and O–H groups in total. The number of benzene rings is 1. The predicted octanol–water partition coefficient (Wildman–Crippen LogP) is 3.17. The van der Waals surface area contributed by atoms with Crippen LogP contribution in [0.3, 0.4) is 0 Å². The Morgan fingerprint density at radius 1 is 1.16 bits per heavy atom. The number of halogens is 1. The largest absolute Gasteiger partial charge is 0.496 e. The fourth-order valence-corrected chi connectivity index (χ4v) is 2.74. The summed E-state index contributed by atoms with van der Waals surface area (Å²) < 4.78 is 41.9. The molecule has 0 aromatic heterocycles. The molecule has 1 rings (SSSR count). The smallest absolute Gasteiger partial charge is 0.355 e. The molecule has 1 aromatic carbocycles. The molecule has 0 saturated heterocycles. The monoisotopic (exact) mass is 394 g/mol. The molecule has 0 spiro atoms. The second-order valence-corrected chi connectivity index (χ2v) is 8.25. The molecular weight excluding hydrogens is 372 g/mol. The van der Waals surface area contributed by atoms with Crippen LogP contribution in [-0.2, 0) is 18.3 Å². The molecule has 0 fully saturated rings. The summed E-state index contributed by atoms with van der Waals surface area (Å²) in [5.74, 6) is 0.183. The molecule has 0 unspecified atom stereocenters. The van der Waals surface area contributed by atoms with Gasteiger partial charge in [0.05, 0.1) is 27.4 Å². The molecule has 0 aliphatic carbocycles. The molecule has 0 radical (unpaired) electrons. The standard InChI is InChI=1S/C16H23ClO7S/c1-16(2,11-24-25(17,19)20)9-6-10-23-15(18)14-12(21-3)7-5-8-13(14)22-4/h5,7-8H,6,9-11H2,1-4H3. The number of methoxy groups -OCH3 is 2. The molecule has 0 aliphatic heterocycles. The Bertz CT molecular complexity index is 663. The first kappa shape index (κ1) is 21.5. The van der Waals surface area contributed by atoms with Crippen molar-refractivity contribution in [2.75, 3.05) is 27.4 Å². The van der Waals surface area contributed by atoms with E-state index < -0.39 is 20.7 Å². The fraction of sp³-hybridized carbons (Fsp3) is 0.562. The van der Waals surface area contributed by atoms with Crippen molar-refractivity contribution in [2.45, 2.75) is 26.7 Å². The Balaban J connectivity index is 2.56. The zero-order chi connectivity index (χ0) is 19.1. The lowest BCUT2D eigenvalue weighted by atomic mass is 9.89. The van der Waals surface area contributed by atoms with Gasteiger partial charge in [-0.3, -0.25) is 4.18 Å². The zero-order valence-electron chi connectivity index (χ0n) is 14.7. The van der Waals surface area contributed by atoms with E-state index in [2.05, 4.69) is 4.18 Å². The second-order valence-electron chi connectivity index (χ2n) is 6.10. The average molecular weight is 395 g/mol. The second kappa shape index (κ2) is 9.26. The van der Waals surface area contributed by atoms with E-state index in [4.69, 9.17) is 24.9 Å². The highest BCUT2D eigenvalue weighted by Gasteiger charge is 2.23. The van der Waals surface area contributed by atoms with Crippen LogP contribution in [0.25, 0.3) is 0 Å². The summed E-state index contributed by atoms with van der Waals surface area (Å²) in [4.78, 5) is 12.3. The van der Waals surface area contributed by atoms with Gasteiger partial charge in [0.25, 0.3) is 0 Å². The van der Waals surface area contributed by atoms with Crippen LogP contribution >= 0.6 is 10.7 Å². The first-order valence-electron chi connectivity index (χ1n) is 7.57. The molecule has 0 aliphatic rings. The topological polar surface area (TPSA) is 88.1 Å². The van der Waals surface area contributed by atoms with Gasteiger partial charge in [-0.1, -0.05) is 19.9 Å². The van der Waals surface area contributed by atoms with Crippen LogP contribution in [0, 0.1) is 5.41 Å². The van der Waals surface area contributed by atoms with Crippen LogP contribution in [-0.4, -0.2) is 41.8 Å². The van der Waals surface area contributed by atoms with Gasteiger partial charge in [0.2, 0.25) is 0 Å². The van der Waals surface area contributed by atoms with Crippen LogP contribution in [0.1, 0.15) is 37.0 Å². The summed E-state index contributed by atoms with van der Waals surface area (Å²) in [6.45, 7) is 3.78. The van der Waals surface area contributed by atoms with Gasteiger partial charge in [-0.05, 0) is 30.4 Å². The Hall–Kier alpha value is -1.51. The number of ether oxygens (including phenoxy) is 3. The molecule has 25 heavy (non-hydrogen) atoms.